The summed E-state index contributed by atoms with van der Waals surface area (Å²) in [5, 5.41) is 7.14. The summed E-state index contributed by atoms with van der Waals surface area (Å²) in [6.07, 6.45) is 0.676. The van der Waals surface area contributed by atoms with Crippen molar-refractivity contribution in [2.24, 2.45) is 5.92 Å². The van der Waals surface area contributed by atoms with E-state index < -0.39 is 0 Å². The van der Waals surface area contributed by atoms with E-state index in [1.807, 2.05) is 6.92 Å². The van der Waals surface area contributed by atoms with Crippen molar-refractivity contribution in [3.63, 3.8) is 0 Å². The van der Waals surface area contributed by atoms with Gasteiger partial charge in [0.05, 0.1) is 11.7 Å². The molecular weight excluding hydrogens is 300 g/mol. The van der Waals surface area contributed by atoms with Crippen molar-refractivity contribution in [3.05, 3.63) is 52.4 Å². The van der Waals surface area contributed by atoms with Gasteiger partial charge in [0.25, 0.3) is 5.91 Å². The Morgan fingerprint density at radius 3 is 2.21 bits per heavy atom. The minimum atomic E-state index is -0.114. The highest BCUT2D eigenvalue weighted by molar-refractivity contribution is 5.96. The van der Waals surface area contributed by atoms with Crippen molar-refractivity contribution in [2.75, 3.05) is 0 Å². The Hall–Kier alpha value is -2.10. The summed E-state index contributed by atoms with van der Waals surface area (Å²) in [7, 11) is 0. The summed E-state index contributed by atoms with van der Waals surface area (Å²) >= 11 is 0. The fourth-order valence-electron chi connectivity index (χ4n) is 2.89. The quantitative estimate of drug-likeness (QED) is 0.829. The maximum atomic E-state index is 12.8. The number of benzene rings is 1. The number of aromatic nitrogens is 1. The summed E-state index contributed by atoms with van der Waals surface area (Å²) in [4.78, 5) is 12.8. The summed E-state index contributed by atoms with van der Waals surface area (Å²) < 4.78 is 5.19. The summed E-state index contributed by atoms with van der Waals surface area (Å²) in [5.41, 5.74) is 3.70. The summed E-state index contributed by atoms with van der Waals surface area (Å²) in [6, 6.07) is 8.47. The third-order valence-electron chi connectivity index (χ3n) is 4.41. The molecule has 1 aromatic heterocycles. The van der Waals surface area contributed by atoms with Crippen LogP contribution in [0.15, 0.2) is 28.8 Å². The van der Waals surface area contributed by atoms with E-state index in [0.29, 0.717) is 29.4 Å². The van der Waals surface area contributed by atoms with E-state index in [-0.39, 0.29) is 17.9 Å². The SMILES string of the molecule is CCc1noc(C)c1C(=O)NC(c1ccc(C(C)C)cc1)C(C)C. The monoisotopic (exact) mass is 328 g/mol. The van der Waals surface area contributed by atoms with Crippen LogP contribution < -0.4 is 5.32 Å². The van der Waals surface area contributed by atoms with Crippen LogP contribution in [0.25, 0.3) is 0 Å². The van der Waals surface area contributed by atoms with Gasteiger partial charge in [-0.25, -0.2) is 0 Å². The van der Waals surface area contributed by atoms with Gasteiger partial charge in [0.15, 0.2) is 0 Å². The van der Waals surface area contributed by atoms with E-state index in [0.717, 1.165) is 5.56 Å². The van der Waals surface area contributed by atoms with Gasteiger partial charge < -0.3 is 9.84 Å². The maximum Gasteiger partial charge on any atom is 0.257 e. The zero-order valence-corrected chi connectivity index (χ0v) is 15.5. The standard InChI is InChI=1S/C20H28N2O2/c1-7-17-18(14(6)24-22-17)20(23)21-19(13(4)5)16-10-8-15(9-11-16)12(2)3/h8-13,19H,7H2,1-6H3,(H,21,23). The van der Waals surface area contributed by atoms with Gasteiger partial charge in [-0.15, -0.1) is 0 Å². The van der Waals surface area contributed by atoms with Crippen molar-refractivity contribution in [3.8, 4) is 0 Å². The number of amides is 1. The van der Waals surface area contributed by atoms with Crippen LogP contribution in [0.5, 0.6) is 0 Å². The van der Waals surface area contributed by atoms with Crippen LogP contribution in [0.4, 0.5) is 0 Å². The van der Waals surface area contributed by atoms with Gasteiger partial charge in [-0.2, -0.15) is 0 Å². The van der Waals surface area contributed by atoms with E-state index in [9.17, 15) is 4.79 Å². The lowest BCUT2D eigenvalue weighted by atomic mass is 9.93. The van der Waals surface area contributed by atoms with Gasteiger partial charge in [-0.1, -0.05) is 64.0 Å². The summed E-state index contributed by atoms with van der Waals surface area (Å²) in [6.45, 7) is 12.3. The van der Waals surface area contributed by atoms with Gasteiger partial charge in [0, 0.05) is 0 Å². The van der Waals surface area contributed by atoms with Crippen LogP contribution in [0, 0.1) is 12.8 Å². The fourth-order valence-corrected chi connectivity index (χ4v) is 2.89. The Balaban J connectivity index is 2.25. The molecule has 24 heavy (non-hydrogen) atoms. The van der Waals surface area contributed by atoms with Crippen molar-refractivity contribution in [1.82, 2.24) is 10.5 Å². The van der Waals surface area contributed by atoms with Gasteiger partial charge in [0.2, 0.25) is 0 Å². The lowest BCUT2D eigenvalue weighted by molar-refractivity contribution is 0.0923. The lowest BCUT2D eigenvalue weighted by Gasteiger charge is -2.23. The molecule has 1 atom stereocenters. The molecule has 4 nitrogen and oxygen atoms in total. The number of nitrogens with zero attached hydrogens (tertiary/aromatic N) is 1. The zero-order chi connectivity index (χ0) is 17.9. The third-order valence-corrected chi connectivity index (χ3v) is 4.41. The molecule has 1 unspecified atom stereocenters. The number of aryl methyl sites for hydroxylation is 2. The molecule has 0 aliphatic carbocycles. The first-order valence-corrected chi connectivity index (χ1v) is 8.71. The molecule has 0 bridgehead atoms. The van der Waals surface area contributed by atoms with Crippen LogP contribution in [-0.2, 0) is 6.42 Å². The number of nitrogens with one attached hydrogen (secondary N) is 1. The second-order valence-electron chi connectivity index (χ2n) is 6.93. The topological polar surface area (TPSA) is 55.1 Å². The second-order valence-corrected chi connectivity index (χ2v) is 6.93. The molecule has 1 heterocycles. The molecule has 1 amide bonds. The van der Waals surface area contributed by atoms with Gasteiger partial charge in [-0.05, 0) is 36.3 Å². The first-order valence-electron chi connectivity index (χ1n) is 8.71. The Bertz CT molecular complexity index is 684. The molecule has 1 N–H and O–H groups in total. The van der Waals surface area contributed by atoms with Gasteiger partial charge in [0.1, 0.15) is 11.3 Å². The zero-order valence-electron chi connectivity index (χ0n) is 15.5. The third kappa shape index (κ3) is 3.86. The molecule has 0 saturated carbocycles. The van der Waals surface area contributed by atoms with Crippen molar-refractivity contribution in [1.29, 1.82) is 0 Å². The van der Waals surface area contributed by atoms with E-state index >= 15 is 0 Å². The average Bonchev–Trinajstić information content (AvgIpc) is 2.93. The van der Waals surface area contributed by atoms with E-state index in [4.69, 9.17) is 4.52 Å². The highest BCUT2D eigenvalue weighted by Gasteiger charge is 2.24. The minimum absolute atomic E-state index is 0.0438. The Labute approximate surface area is 144 Å². The van der Waals surface area contributed by atoms with Gasteiger partial charge in [-0.3, -0.25) is 4.79 Å². The number of hydrogen-bond acceptors (Lipinski definition) is 3. The highest BCUT2D eigenvalue weighted by atomic mass is 16.5. The van der Waals surface area contributed by atoms with Crippen molar-refractivity contribution in [2.45, 2.75) is 59.9 Å². The molecular formula is C20H28N2O2. The van der Waals surface area contributed by atoms with Crippen LogP contribution in [0.2, 0.25) is 0 Å². The van der Waals surface area contributed by atoms with Crippen LogP contribution >= 0.6 is 0 Å². The molecule has 2 aromatic rings. The average molecular weight is 328 g/mol. The van der Waals surface area contributed by atoms with E-state index in [1.165, 1.54) is 5.56 Å². The number of carbonyl (C=O) groups excluding carboxylic acids is 1. The molecule has 0 aliphatic heterocycles. The van der Waals surface area contributed by atoms with Crippen molar-refractivity contribution < 1.29 is 9.32 Å². The number of rotatable bonds is 6. The molecule has 0 radical (unpaired) electrons. The largest absolute Gasteiger partial charge is 0.361 e. The predicted molar refractivity (Wildman–Crippen MR) is 96.2 cm³/mol. The Kier molecular flexibility index (Phi) is 5.81. The van der Waals surface area contributed by atoms with E-state index in [1.54, 1.807) is 6.92 Å². The number of carbonyl (C=O) groups is 1. The molecule has 1 aromatic carbocycles. The summed E-state index contributed by atoms with van der Waals surface area (Å²) in [5.74, 6) is 1.24. The van der Waals surface area contributed by atoms with Crippen molar-refractivity contribution >= 4 is 5.91 Å². The highest BCUT2D eigenvalue weighted by Crippen LogP contribution is 2.25. The first-order chi connectivity index (χ1) is 11.3. The lowest BCUT2D eigenvalue weighted by Crippen LogP contribution is -2.32. The normalized spacial score (nSPS) is 12.7. The van der Waals surface area contributed by atoms with Crippen LogP contribution in [-0.4, -0.2) is 11.1 Å². The Morgan fingerprint density at radius 2 is 1.71 bits per heavy atom. The molecule has 0 spiro atoms. The molecule has 4 heteroatoms. The smallest absolute Gasteiger partial charge is 0.257 e. The molecule has 130 valence electrons. The minimum Gasteiger partial charge on any atom is -0.361 e. The number of hydrogen-bond donors (Lipinski definition) is 1. The van der Waals surface area contributed by atoms with Crippen LogP contribution in [0.1, 0.15) is 79.5 Å². The second kappa shape index (κ2) is 7.65. The molecule has 0 fully saturated rings. The Morgan fingerprint density at radius 1 is 1.12 bits per heavy atom. The maximum absolute atomic E-state index is 12.8. The van der Waals surface area contributed by atoms with Crippen LogP contribution in [0.3, 0.4) is 0 Å². The van der Waals surface area contributed by atoms with Gasteiger partial charge >= 0.3 is 0 Å². The predicted octanol–water partition coefficient (Wildman–Crippen LogP) is 4.80. The van der Waals surface area contributed by atoms with E-state index in [2.05, 4.69) is 62.4 Å². The fraction of sp³-hybridized carbons (Fsp3) is 0.500. The molecule has 0 aliphatic rings. The first kappa shape index (κ1) is 18.2. The molecule has 2 rings (SSSR count). The molecule has 0 saturated heterocycles.